The molecule has 7 heteroatoms. The van der Waals surface area contributed by atoms with Crippen molar-refractivity contribution in [3.05, 3.63) is 29.6 Å². The Kier molecular flexibility index (Phi) is 3.46. The summed E-state index contributed by atoms with van der Waals surface area (Å²) in [6.45, 7) is 4.12. The van der Waals surface area contributed by atoms with Crippen LogP contribution in [-0.4, -0.2) is 52.8 Å². The molecule has 0 radical (unpaired) electrons. The lowest BCUT2D eigenvalue weighted by molar-refractivity contribution is -0.0829. The van der Waals surface area contributed by atoms with Crippen LogP contribution in [0, 0.1) is 5.92 Å². The zero-order valence-corrected chi connectivity index (χ0v) is 14.6. The van der Waals surface area contributed by atoms with E-state index < -0.39 is 0 Å². The maximum Gasteiger partial charge on any atom is 0.291 e. The molecule has 1 spiro atoms. The summed E-state index contributed by atoms with van der Waals surface area (Å²) in [6.07, 6.45) is 2.43. The molecule has 130 valence electrons. The van der Waals surface area contributed by atoms with Gasteiger partial charge in [-0.25, -0.2) is 9.98 Å². The Morgan fingerprint density at radius 1 is 1.24 bits per heavy atom. The number of fused-ring (bicyclic) bond motifs is 2. The summed E-state index contributed by atoms with van der Waals surface area (Å²) >= 11 is 1.53. The van der Waals surface area contributed by atoms with Crippen LogP contribution in [0.3, 0.4) is 0 Å². The summed E-state index contributed by atoms with van der Waals surface area (Å²) in [4.78, 5) is 11.7. The number of hydrogen-bond donors (Lipinski definition) is 2. The summed E-state index contributed by atoms with van der Waals surface area (Å²) < 4.78 is 6.29. The van der Waals surface area contributed by atoms with Crippen LogP contribution in [0.25, 0.3) is 11.3 Å². The molecule has 6 nitrogen and oxygen atoms in total. The smallest absolute Gasteiger partial charge is 0.291 e. The van der Waals surface area contributed by atoms with Gasteiger partial charge in [0.1, 0.15) is 11.4 Å². The van der Waals surface area contributed by atoms with Gasteiger partial charge < -0.3 is 9.84 Å². The Balaban J connectivity index is 1.28. The molecular formula is C18H20N4O2S. The highest BCUT2D eigenvalue weighted by Crippen LogP contribution is 2.41. The third kappa shape index (κ3) is 2.67. The number of anilines is 1. The average molecular weight is 356 g/mol. The number of phenolic OH excluding ortho intramolecular Hbond substituents is 1. The fourth-order valence-electron chi connectivity index (χ4n) is 4.13. The molecule has 2 bridgehead atoms. The average Bonchev–Trinajstić information content (AvgIpc) is 3.25. The van der Waals surface area contributed by atoms with Crippen LogP contribution in [0.1, 0.15) is 12.8 Å². The maximum absolute atomic E-state index is 9.40. The Hall–Kier alpha value is -2.12. The molecule has 5 heterocycles. The van der Waals surface area contributed by atoms with E-state index in [4.69, 9.17) is 4.74 Å². The van der Waals surface area contributed by atoms with Crippen molar-refractivity contribution in [3.8, 4) is 17.0 Å². The Labute approximate surface area is 150 Å². The van der Waals surface area contributed by atoms with Crippen molar-refractivity contribution >= 4 is 22.5 Å². The molecule has 6 rings (SSSR count). The molecule has 2 N–H and O–H groups in total. The third-order valence-corrected chi connectivity index (χ3v) is 6.25. The second kappa shape index (κ2) is 5.71. The van der Waals surface area contributed by atoms with Crippen molar-refractivity contribution in [3.63, 3.8) is 0 Å². The number of aromatic nitrogens is 1. The second-order valence-electron chi connectivity index (χ2n) is 7.05. The van der Waals surface area contributed by atoms with Crippen LogP contribution in [0.15, 0.2) is 34.6 Å². The minimum atomic E-state index is -0.129. The quantitative estimate of drug-likeness (QED) is 0.866. The standard InChI is InChI=1S/C18H20N4O2S/c23-14-3-1-12(2-4-14)15-9-25-17(20-15)21-16-19-10-18(24-16)11-22-7-5-13(18)6-8-22/h1-4,9,13,23H,5-8,10-11H2,(H,19,20,21). The van der Waals surface area contributed by atoms with Crippen LogP contribution in [0.5, 0.6) is 5.75 Å². The van der Waals surface area contributed by atoms with Gasteiger partial charge in [0.25, 0.3) is 6.02 Å². The second-order valence-corrected chi connectivity index (χ2v) is 7.91. The first-order valence-corrected chi connectivity index (χ1v) is 9.56. The lowest BCUT2D eigenvalue weighted by atomic mass is 9.75. The van der Waals surface area contributed by atoms with Crippen molar-refractivity contribution in [2.24, 2.45) is 10.9 Å². The molecule has 1 aromatic carbocycles. The monoisotopic (exact) mass is 356 g/mol. The lowest BCUT2D eigenvalue weighted by Crippen LogP contribution is -2.61. The Bertz CT molecular complexity index is 811. The maximum atomic E-state index is 9.40. The van der Waals surface area contributed by atoms with Gasteiger partial charge in [-0.1, -0.05) is 0 Å². The summed E-state index contributed by atoms with van der Waals surface area (Å²) in [5.41, 5.74) is 1.73. The van der Waals surface area contributed by atoms with Crippen LogP contribution >= 0.6 is 11.3 Å². The molecular weight excluding hydrogens is 336 g/mol. The highest BCUT2D eigenvalue weighted by atomic mass is 32.1. The summed E-state index contributed by atoms with van der Waals surface area (Å²) in [5, 5.41) is 15.4. The number of ether oxygens (including phenoxy) is 1. The largest absolute Gasteiger partial charge is 0.508 e. The van der Waals surface area contributed by atoms with Gasteiger partial charge in [-0.3, -0.25) is 10.2 Å². The number of aromatic hydroxyl groups is 1. The van der Waals surface area contributed by atoms with Crippen LogP contribution < -0.4 is 5.32 Å². The zero-order valence-electron chi connectivity index (χ0n) is 13.8. The molecule has 25 heavy (non-hydrogen) atoms. The molecule has 0 aliphatic carbocycles. The molecule has 3 fully saturated rings. The fraction of sp³-hybridized carbons (Fsp3) is 0.444. The molecule has 4 aliphatic rings. The van der Waals surface area contributed by atoms with E-state index in [9.17, 15) is 5.11 Å². The van der Waals surface area contributed by atoms with E-state index in [1.165, 1.54) is 37.3 Å². The molecule has 0 amide bonds. The van der Waals surface area contributed by atoms with Gasteiger partial charge in [-0.2, -0.15) is 0 Å². The molecule has 3 saturated heterocycles. The summed E-state index contributed by atoms with van der Waals surface area (Å²) in [5.74, 6) is 0.873. The van der Waals surface area contributed by atoms with Crippen LogP contribution in [-0.2, 0) is 4.74 Å². The minimum Gasteiger partial charge on any atom is -0.508 e. The number of hydrogen-bond acceptors (Lipinski definition) is 7. The van der Waals surface area contributed by atoms with Crippen molar-refractivity contribution in [1.29, 1.82) is 0 Å². The first-order chi connectivity index (χ1) is 12.2. The van der Waals surface area contributed by atoms with Crippen molar-refractivity contribution in [1.82, 2.24) is 9.88 Å². The molecule has 1 unspecified atom stereocenters. The van der Waals surface area contributed by atoms with Gasteiger partial charge >= 0.3 is 0 Å². The van der Waals surface area contributed by atoms with Crippen LogP contribution in [0.4, 0.5) is 5.13 Å². The van der Waals surface area contributed by atoms with Crippen molar-refractivity contribution in [2.45, 2.75) is 18.4 Å². The normalized spacial score (nSPS) is 30.3. The number of thiazole rings is 1. The van der Waals surface area contributed by atoms with Gasteiger partial charge in [0.15, 0.2) is 5.13 Å². The van der Waals surface area contributed by atoms with Gasteiger partial charge in [0.2, 0.25) is 0 Å². The predicted molar refractivity (Wildman–Crippen MR) is 98.1 cm³/mol. The van der Waals surface area contributed by atoms with Gasteiger partial charge in [0.05, 0.1) is 12.2 Å². The summed E-state index contributed by atoms with van der Waals surface area (Å²) in [6, 6.07) is 7.66. The number of phenols is 1. The Morgan fingerprint density at radius 3 is 2.76 bits per heavy atom. The van der Waals surface area contributed by atoms with Crippen molar-refractivity contribution in [2.75, 3.05) is 31.5 Å². The number of nitrogens with zero attached hydrogens (tertiary/aromatic N) is 3. The van der Waals surface area contributed by atoms with E-state index in [0.717, 1.165) is 29.5 Å². The number of amidine groups is 1. The molecule has 0 saturated carbocycles. The van der Waals surface area contributed by atoms with Gasteiger partial charge in [-0.15, -0.1) is 11.3 Å². The SMILES string of the molecule is Oc1ccc(-c2csc(NC3=NCC4(CN5CCC4CC5)O3)n2)cc1. The van der Waals surface area contributed by atoms with E-state index in [2.05, 4.69) is 20.2 Å². The van der Waals surface area contributed by atoms with E-state index >= 15 is 0 Å². The molecule has 1 atom stereocenters. The first kappa shape index (κ1) is 15.2. The molecule has 4 aliphatic heterocycles. The number of aliphatic imine (C=N–C) groups is 1. The van der Waals surface area contributed by atoms with E-state index in [-0.39, 0.29) is 11.4 Å². The molecule has 2 aromatic rings. The highest BCUT2D eigenvalue weighted by Gasteiger charge is 2.51. The fourth-order valence-corrected chi connectivity index (χ4v) is 4.84. The van der Waals surface area contributed by atoms with Gasteiger partial charge in [0, 0.05) is 23.4 Å². The minimum absolute atomic E-state index is 0.129. The number of benzene rings is 1. The van der Waals surface area contributed by atoms with E-state index in [1.807, 2.05) is 17.5 Å². The summed E-state index contributed by atoms with van der Waals surface area (Å²) in [7, 11) is 0. The van der Waals surface area contributed by atoms with Crippen LogP contribution in [0.2, 0.25) is 0 Å². The van der Waals surface area contributed by atoms with E-state index in [0.29, 0.717) is 11.9 Å². The number of rotatable bonds is 2. The van der Waals surface area contributed by atoms with E-state index in [1.54, 1.807) is 12.1 Å². The highest BCUT2D eigenvalue weighted by molar-refractivity contribution is 7.14. The first-order valence-electron chi connectivity index (χ1n) is 8.68. The zero-order chi connectivity index (χ0) is 16.9. The number of nitrogens with one attached hydrogen (secondary N) is 1. The third-order valence-electron chi connectivity index (χ3n) is 5.49. The van der Waals surface area contributed by atoms with Gasteiger partial charge in [-0.05, 0) is 50.2 Å². The lowest BCUT2D eigenvalue weighted by Gasteiger charge is -2.50. The Morgan fingerprint density at radius 2 is 2.04 bits per heavy atom. The van der Waals surface area contributed by atoms with Crippen molar-refractivity contribution < 1.29 is 9.84 Å². The molecule has 1 aromatic heterocycles. The topological polar surface area (TPSA) is 70.0 Å². The predicted octanol–water partition coefficient (Wildman–Crippen LogP) is 2.78. The number of piperidine rings is 3.